The molecule has 3 N–H and O–H groups in total. The van der Waals surface area contributed by atoms with Crippen LogP contribution in [0.25, 0.3) is 33.5 Å². The van der Waals surface area contributed by atoms with Crippen molar-refractivity contribution >= 4 is 40.5 Å². The number of H-pyrrole nitrogens is 1. The molecule has 2 aliphatic heterocycles. The highest BCUT2D eigenvalue weighted by Crippen LogP contribution is 2.30. The smallest absolute Gasteiger partial charge is 0.251 e. The molecule has 0 unspecified atom stereocenters. The van der Waals surface area contributed by atoms with Crippen molar-refractivity contribution in [2.45, 2.75) is 31.8 Å². The molecule has 7 rings (SSSR count). The number of piperazine rings is 1. The Hall–Kier alpha value is -5.69. The third kappa shape index (κ3) is 6.64. The average Bonchev–Trinajstić information content (AvgIpc) is 3.73. The second-order valence-electron chi connectivity index (χ2n) is 13.1. The van der Waals surface area contributed by atoms with Crippen LogP contribution in [0.15, 0.2) is 79.1 Å². The predicted molar refractivity (Wildman–Crippen MR) is 189 cm³/mol. The third-order valence-corrected chi connectivity index (χ3v) is 9.63. The van der Waals surface area contributed by atoms with Gasteiger partial charge in [-0.2, -0.15) is 5.10 Å². The zero-order valence-corrected chi connectivity index (χ0v) is 27.9. The molecule has 3 aromatic carbocycles. The van der Waals surface area contributed by atoms with Gasteiger partial charge >= 0.3 is 0 Å². The van der Waals surface area contributed by atoms with Crippen LogP contribution in [0.2, 0.25) is 0 Å². The number of fused-ring (bicyclic) bond motifs is 1. The molecule has 0 bridgehead atoms. The van der Waals surface area contributed by atoms with Crippen LogP contribution in [0, 0.1) is 12.7 Å². The Labute approximate surface area is 288 Å². The maximum atomic E-state index is 13.7. The van der Waals surface area contributed by atoms with E-state index in [9.17, 15) is 18.8 Å². The van der Waals surface area contributed by atoms with Gasteiger partial charge in [0.25, 0.3) is 5.91 Å². The molecule has 3 amide bonds. The summed E-state index contributed by atoms with van der Waals surface area (Å²) in [5.41, 5.74) is 4.48. The fourth-order valence-electron chi connectivity index (χ4n) is 6.88. The van der Waals surface area contributed by atoms with Crippen LogP contribution in [-0.4, -0.2) is 99.0 Å². The molecular weight excluding hydrogens is 637 g/mol. The minimum atomic E-state index is -1.20. The average molecular weight is 676 g/mol. The molecule has 0 saturated carbocycles. The van der Waals surface area contributed by atoms with Gasteiger partial charge in [0.2, 0.25) is 12.3 Å². The van der Waals surface area contributed by atoms with Gasteiger partial charge in [0, 0.05) is 79.0 Å². The van der Waals surface area contributed by atoms with E-state index in [2.05, 4.69) is 47.8 Å². The van der Waals surface area contributed by atoms with Crippen molar-refractivity contribution in [2.75, 3.05) is 49.5 Å². The third-order valence-electron chi connectivity index (χ3n) is 9.63. The topological polar surface area (TPSA) is 139 Å². The van der Waals surface area contributed by atoms with Crippen LogP contribution in [0.3, 0.4) is 0 Å². The van der Waals surface area contributed by atoms with Gasteiger partial charge in [-0.25, -0.2) is 14.4 Å². The largest absolute Gasteiger partial charge is 0.368 e. The Bertz CT molecular complexity index is 2020. The predicted octanol–water partition coefficient (Wildman–Crippen LogP) is 4.00. The molecular formula is C37H38FN9O3. The Morgan fingerprint density at radius 1 is 1.00 bits per heavy atom. The zero-order chi connectivity index (χ0) is 34.8. The number of aromatic amines is 1. The molecule has 2 fully saturated rings. The lowest BCUT2D eigenvalue weighted by Crippen LogP contribution is -2.58. The van der Waals surface area contributed by atoms with Crippen molar-refractivity contribution in [3.8, 4) is 22.6 Å². The lowest BCUT2D eigenvalue weighted by Gasteiger charge is -2.41. The SMILES string of the molecule is Cc1cnc(-c2ccc(N3CCN(C(=O)CN4CC[C@@](NC=O)(C(=O)Nc5ccc6[nH]nc(-c7ccc(F)cc7)c6c5)C4)[C@H](C)C3)cc2)nc1. The summed E-state index contributed by atoms with van der Waals surface area (Å²) in [6.07, 6.45) is 4.51. The van der Waals surface area contributed by atoms with E-state index < -0.39 is 5.54 Å². The number of rotatable bonds is 9. The number of anilines is 2. The Morgan fingerprint density at radius 2 is 1.74 bits per heavy atom. The number of amides is 3. The van der Waals surface area contributed by atoms with Gasteiger partial charge in [-0.3, -0.25) is 24.4 Å². The number of nitrogens with one attached hydrogen (secondary N) is 3. The van der Waals surface area contributed by atoms with Gasteiger partial charge in [0.1, 0.15) is 11.4 Å². The van der Waals surface area contributed by atoms with E-state index in [1.165, 1.54) is 12.1 Å². The number of likely N-dealkylation sites (tertiary alicyclic amines) is 1. The van der Waals surface area contributed by atoms with Crippen molar-refractivity contribution in [1.29, 1.82) is 0 Å². The number of nitrogens with zero attached hydrogens (tertiary/aromatic N) is 6. The van der Waals surface area contributed by atoms with Crippen LogP contribution in [0.5, 0.6) is 0 Å². The molecule has 0 spiro atoms. The second-order valence-corrected chi connectivity index (χ2v) is 13.1. The highest BCUT2D eigenvalue weighted by Gasteiger charge is 2.45. The lowest BCUT2D eigenvalue weighted by molar-refractivity contribution is -0.135. The fourth-order valence-corrected chi connectivity index (χ4v) is 6.88. The van der Waals surface area contributed by atoms with Gasteiger partial charge in [-0.15, -0.1) is 0 Å². The van der Waals surface area contributed by atoms with Crippen molar-refractivity contribution in [3.63, 3.8) is 0 Å². The summed E-state index contributed by atoms with van der Waals surface area (Å²) < 4.78 is 13.5. The number of hydrogen-bond donors (Lipinski definition) is 3. The van der Waals surface area contributed by atoms with E-state index in [1.807, 2.05) is 35.8 Å². The number of carbonyl (C=O) groups excluding carboxylic acids is 3. The summed E-state index contributed by atoms with van der Waals surface area (Å²) in [5, 5.41) is 13.8. The zero-order valence-electron chi connectivity index (χ0n) is 27.9. The highest BCUT2D eigenvalue weighted by molar-refractivity contribution is 6.02. The monoisotopic (exact) mass is 675 g/mol. The molecule has 2 aliphatic rings. The van der Waals surface area contributed by atoms with Crippen molar-refractivity contribution in [3.05, 3.63) is 90.5 Å². The highest BCUT2D eigenvalue weighted by atomic mass is 19.1. The van der Waals surface area contributed by atoms with E-state index in [1.54, 1.807) is 42.7 Å². The minimum Gasteiger partial charge on any atom is -0.368 e. The van der Waals surface area contributed by atoms with Gasteiger partial charge < -0.3 is 20.4 Å². The number of benzene rings is 3. The summed E-state index contributed by atoms with van der Waals surface area (Å²) in [5.74, 6) is -0.0326. The van der Waals surface area contributed by atoms with E-state index >= 15 is 0 Å². The molecule has 50 heavy (non-hydrogen) atoms. The molecule has 5 aromatic rings. The van der Waals surface area contributed by atoms with Gasteiger partial charge in [-0.05, 0) is 92.6 Å². The van der Waals surface area contributed by atoms with Gasteiger partial charge in [0.05, 0.1) is 17.8 Å². The molecule has 256 valence electrons. The second kappa shape index (κ2) is 13.7. The maximum Gasteiger partial charge on any atom is 0.251 e. The van der Waals surface area contributed by atoms with Crippen LogP contribution in [-0.2, 0) is 14.4 Å². The first kappa shape index (κ1) is 32.8. The summed E-state index contributed by atoms with van der Waals surface area (Å²) in [6, 6.07) is 19.6. The minimum absolute atomic E-state index is 0.00920. The van der Waals surface area contributed by atoms with Crippen LogP contribution in [0.1, 0.15) is 18.9 Å². The number of carbonyl (C=O) groups is 3. The first-order chi connectivity index (χ1) is 24.2. The summed E-state index contributed by atoms with van der Waals surface area (Å²) in [7, 11) is 0. The first-order valence-corrected chi connectivity index (χ1v) is 16.6. The van der Waals surface area contributed by atoms with Gasteiger partial charge in [-0.1, -0.05) is 0 Å². The molecule has 12 nitrogen and oxygen atoms in total. The molecule has 0 aliphatic carbocycles. The van der Waals surface area contributed by atoms with Crippen molar-refractivity contribution in [1.82, 2.24) is 35.3 Å². The van der Waals surface area contributed by atoms with Crippen molar-refractivity contribution in [2.24, 2.45) is 0 Å². The molecule has 2 atom stereocenters. The summed E-state index contributed by atoms with van der Waals surface area (Å²) in [4.78, 5) is 53.9. The first-order valence-electron chi connectivity index (χ1n) is 16.6. The fraction of sp³-hybridized carbons (Fsp3) is 0.297. The Balaban J connectivity index is 0.967. The van der Waals surface area contributed by atoms with E-state index in [-0.39, 0.29) is 36.8 Å². The number of aryl methyl sites for hydroxylation is 1. The number of aromatic nitrogens is 4. The van der Waals surface area contributed by atoms with Crippen LogP contribution in [0.4, 0.5) is 15.8 Å². The summed E-state index contributed by atoms with van der Waals surface area (Å²) >= 11 is 0. The van der Waals surface area contributed by atoms with E-state index in [0.29, 0.717) is 56.2 Å². The summed E-state index contributed by atoms with van der Waals surface area (Å²) in [6.45, 7) is 6.78. The lowest BCUT2D eigenvalue weighted by atomic mass is 9.97. The molecule has 4 heterocycles. The maximum absolute atomic E-state index is 13.7. The molecule has 2 saturated heterocycles. The van der Waals surface area contributed by atoms with Crippen LogP contribution >= 0.6 is 0 Å². The van der Waals surface area contributed by atoms with Gasteiger partial charge in [0.15, 0.2) is 5.82 Å². The van der Waals surface area contributed by atoms with Crippen molar-refractivity contribution < 1.29 is 18.8 Å². The van der Waals surface area contributed by atoms with Crippen LogP contribution < -0.4 is 15.5 Å². The number of halogens is 1. The Kier molecular flexibility index (Phi) is 8.98. The molecule has 0 radical (unpaired) electrons. The standard InChI is InChI=1S/C37H38FN9O3/c1-24-18-39-35(40-19-24)27-5-10-30(11-6-27)46-15-16-47(25(2)20-46)33(49)21-45-14-13-37(22-45,41-23-48)36(50)42-29-9-12-32-31(17-29)34(44-43-32)26-3-7-28(38)8-4-26/h3-12,17-19,23,25H,13-16,20-22H2,1-2H3,(H,41,48)(H,42,50)(H,43,44)/t25-,37+/m1/s1. The molecule has 13 heteroatoms. The Morgan fingerprint density at radius 3 is 2.46 bits per heavy atom. The number of hydrogen-bond acceptors (Lipinski definition) is 8. The van der Waals surface area contributed by atoms with E-state index in [4.69, 9.17) is 0 Å². The quantitative estimate of drug-likeness (QED) is 0.199. The molecule has 2 aromatic heterocycles. The van der Waals surface area contributed by atoms with E-state index in [0.717, 1.165) is 33.3 Å². The normalized spacial score (nSPS) is 19.5.